The van der Waals surface area contributed by atoms with E-state index in [0.29, 0.717) is 13.0 Å². The summed E-state index contributed by atoms with van der Waals surface area (Å²) < 4.78 is 5.63. The van der Waals surface area contributed by atoms with Crippen LogP contribution in [0.1, 0.15) is 47.0 Å². The fraction of sp³-hybridized carbons (Fsp3) is 0.889. The molecule has 2 saturated heterocycles. The number of halogens is 1. The van der Waals surface area contributed by atoms with Crippen molar-refractivity contribution in [3.63, 3.8) is 0 Å². The number of carbonyl (C=O) groups excluding carboxylic acids is 1. The number of carbonyl (C=O) groups is 1. The topological polar surface area (TPSA) is 66.0 Å². The summed E-state index contributed by atoms with van der Waals surface area (Å²) in [6.45, 7) is 12.8. The van der Waals surface area contributed by atoms with Gasteiger partial charge in [0.1, 0.15) is 0 Å². The van der Waals surface area contributed by atoms with Crippen molar-refractivity contribution in [2.24, 2.45) is 15.8 Å². The summed E-state index contributed by atoms with van der Waals surface area (Å²) in [7, 11) is 1.75. The van der Waals surface area contributed by atoms with Gasteiger partial charge in [0.15, 0.2) is 5.96 Å². The average Bonchev–Trinajstić information content (AvgIpc) is 2.85. The van der Waals surface area contributed by atoms with Crippen LogP contribution in [0.2, 0.25) is 0 Å². The highest BCUT2D eigenvalue weighted by Gasteiger charge is 2.42. The molecule has 2 aliphatic heterocycles. The summed E-state index contributed by atoms with van der Waals surface area (Å²) in [5.74, 6) is 1.13. The number of ether oxygens (including phenoxy) is 1. The second-order valence-electron chi connectivity index (χ2n) is 8.26. The first-order valence-corrected chi connectivity index (χ1v) is 9.12. The number of nitrogens with one attached hydrogen (secondary N) is 2. The number of amides is 1. The highest BCUT2D eigenvalue weighted by atomic mass is 127. The van der Waals surface area contributed by atoms with Crippen molar-refractivity contribution in [3.8, 4) is 0 Å². The molecule has 2 unspecified atom stereocenters. The first-order chi connectivity index (χ1) is 11.3. The molecule has 25 heavy (non-hydrogen) atoms. The second-order valence-corrected chi connectivity index (χ2v) is 8.26. The van der Waals surface area contributed by atoms with Crippen LogP contribution in [0.5, 0.6) is 0 Å². The zero-order chi connectivity index (χ0) is 17.8. The van der Waals surface area contributed by atoms with Crippen LogP contribution >= 0.6 is 24.0 Å². The molecule has 1 spiro atoms. The Labute approximate surface area is 169 Å². The summed E-state index contributed by atoms with van der Waals surface area (Å²) in [6.07, 6.45) is 2.95. The molecule has 0 aromatic rings. The summed E-state index contributed by atoms with van der Waals surface area (Å²) in [5, 5.41) is 6.42. The van der Waals surface area contributed by atoms with E-state index in [9.17, 15) is 4.79 Å². The minimum atomic E-state index is 0. The third-order valence-corrected chi connectivity index (χ3v) is 5.15. The van der Waals surface area contributed by atoms with Crippen molar-refractivity contribution >= 4 is 35.8 Å². The number of likely N-dealkylation sites (tertiary alicyclic amines) is 1. The number of methoxy groups -OCH3 is 1. The van der Waals surface area contributed by atoms with Crippen LogP contribution in [0.15, 0.2) is 4.99 Å². The minimum Gasteiger partial charge on any atom is -0.379 e. The summed E-state index contributed by atoms with van der Waals surface area (Å²) in [6, 6.07) is 0. The molecule has 0 radical (unpaired) electrons. The smallest absolute Gasteiger partial charge is 0.220 e. The van der Waals surface area contributed by atoms with Crippen molar-refractivity contribution in [1.29, 1.82) is 0 Å². The molecule has 0 aromatic carbocycles. The number of nitrogens with zero attached hydrogens (tertiary/aromatic N) is 2. The van der Waals surface area contributed by atoms with E-state index < -0.39 is 0 Å². The van der Waals surface area contributed by atoms with Gasteiger partial charge in [-0.2, -0.15) is 0 Å². The lowest BCUT2D eigenvalue weighted by atomic mass is 9.79. The maximum absolute atomic E-state index is 11.7. The SMILES string of the molecule is CCNC(=NCC(OC)C(C)(C)C)N1CCCC2(CNC(=O)C2)C1.I. The highest BCUT2D eigenvalue weighted by molar-refractivity contribution is 14.0. The van der Waals surface area contributed by atoms with Crippen molar-refractivity contribution < 1.29 is 9.53 Å². The standard InChI is InChI=1S/C18H34N4O2.HI/c1-6-19-16(20-11-14(24-5)17(2,3)4)22-9-7-8-18(13-22)10-15(23)21-12-18;/h14H,6-13H2,1-5H3,(H,19,20)(H,21,23);1H. The normalized spacial score (nSPS) is 25.6. The molecule has 2 atom stereocenters. The van der Waals surface area contributed by atoms with Crippen molar-refractivity contribution in [3.05, 3.63) is 0 Å². The van der Waals surface area contributed by atoms with E-state index in [1.807, 2.05) is 0 Å². The number of piperidine rings is 1. The molecule has 146 valence electrons. The van der Waals surface area contributed by atoms with E-state index in [4.69, 9.17) is 9.73 Å². The minimum absolute atomic E-state index is 0. The second kappa shape index (κ2) is 9.39. The number of guanidine groups is 1. The predicted octanol–water partition coefficient (Wildman–Crippen LogP) is 2.23. The largest absolute Gasteiger partial charge is 0.379 e. The first kappa shape index (κ1) is 22.5. The fourth-order valence-corrected chi connectivity index (χ4v) is 3.73. The fourth-order valence-electron chi connectivity index (χ4n) is 3.73. The lowest BCUT2D eigenvalue weighted by molar-refractivity contribution is -0.119. The molecule has 2 heterocycles. The Bertz CT molecular complexity index is 478. The van der Waals surface area contributed by atoms with E-state index in [1.54, 1.807) is 7.11 Å². The Morgan fingerprint density at radius 3 is 2.72 bits per heavy atom. The molecule has 1 amide bonds. The Morgan fingerprint density at radius 2 is 2.20 bits per heavy atom. The Balaban J connectivity index is 0.00000312. The van der Waals surface area contributed by atoms with Crippen LogP contribution in [0.25, 0.3) is 0 Å². The Hall–Kier alpha value is -0.570. The quantitative estimate of drug-likeness (QED) is 0.379. The van der Waals surface area contributed by atoms with E-state index in [1.165, 1.54) is 0 Å². The molecule has 7 heteroatoms. The molecule has 2 fully saturated rings. The van der Waals surface area contributed by atoms with Gasteiger partial charge < -0.3 is 20.3 Å². The van der Waals surface area contributed by atoms with Crippen molar-refractivity contribution in [2.45, 2.75) is 53.1 Å². The molecular weight excluding hydrogens is 431 g/mol. The molecule has 6 nitrogen and oxygen atoms in total. The summed E-state index contributed by atoms with van der Waals surface area (Å²) >= 11 is 0. The van der Waals surface area contributed by atoms with Gasteiger partial charge in [0.2, 0.25) is 5.91 Å². The molecule has 0 aliphatic carbocycles. The van der Waals surface area contributed by atoms with Gasteiger partial charge in [-0.05, 0) is 25.2 Å². The molecule has 2 aliphatic rings. The molecule has 0 bridgehead atoms. The van der Waals surface area contributed by atoms with E-state index in [0.717, 1.165) is 45.0 Å². The van der Waals surface area contributed by atoms with Crippen LogP contribution < -0.4 is 10.6 Å². The van der Waals surface area contributed by atoms with Gasteiger partial charge in [0.05, 0.1) is 12.6 Å². The lowest BCUT2D eigenvalue weighted by Gasteiger charge is -2.41. The van der Waals surface area contributed by atoms with E-state index >= 15 is 0 Å². The van der Waals surface area contributed by atoms with Crippen LogP contribution in [-0.2, 0) is 9.53 Å². The number of aliphatic imine (C=N–C) groups is 1. The monoisotopic (exact) mass is 466 g/mol. The van der Waals surface area contributed by atoms with Gasteiger partial charge in [-0.1, -0.05) is 20.8 Å². The average molecular weight is 466 g/mol. The third kappa shape index (κ3) is 5.98. The van der Waals surface area contributed by atoms with Gasteiger partial charge in [0.25, 0.3) is 0 Å². The van der Waals surface area contributed by atoms with Crippen LogP contribution in [0.3, 0.4) is 0 Å². The van der Waals surface area contributed by atoms with Gasteiger partial charge in [-0.3, -0.25) is 9.79 Å². The molecule has 0 aromatic heterocycles. The Kier molecular flexibility index (Phi) is 8.44. The van der Waals surface area contributed by atoms with E-state index in [-0.39, 0.29) is 46.8 Å². The van der Waals surface area contributed by atoms with Crippen LogP contribution in [0, 0.1) is 10.8 Å². The lowest BCUT2D eigenvalue weighted by Crippen LogP contribution is -2.51. The number of rotatable bonds is 4. The van der Waals surface area contributed by atoms with Crippen LogP contribution in [-0.4, -0.2) is 62.7 Å². The van der Waals surface area contributed by atoms with E-state index in [2.05, 4.69) is 43.2 Å². The molecule has 2 N–H and O–H groups in total. The molecule has 2 rings (SSSR count). The van der Waals surface area contributed by atoms with Gasteiger partial charge in [-0.15, -0.1) is 24.0 Å². The predicted molar refractivity (Wildman–Crippen MR) is 113 cm³/mol. The molecule has 0 saturated carbocycles. The maximum Gasteiger partial charge on any atom is 0.220 e. The van der Waals surface area contributed by atoms with Gasteiger partial charge >= 0.3 is 0 Å². The van der Waals surface area contributed by atoms with Gasteiger partial charge in [0, 0.05) is 45.1 Å². The van der Waals surface area contributed by atoms with Crippen LogP contribution in [0.4, 0.5) is 0 Å². The Morgan fingerprint density at radius 1 is 1.48 bits per heavy atom. The number of hydrogen-bond acceptors (Lipinski definition) is 3. The van der Waals surface area contributed by atoms with Gasteiger partial charge in [-0.25, -0.2) is 0 Å². The third-order valence-electron chi connectivity index (χ3n) is 5.15. The zero-order valence-corrected chi connectivity index (χ0v) is 18.7. The van der Waals surface area contributed by atoms with Crippen molar-refractivity contribution in [2.75, 3.05) is 39.8 Å². The summed E-state index contributed by atoms with van der Waals surface area (Å²) in [4.78, 5) is 18.9. The zero-order valence-electron chi connectivity index (χ0n) is 16.4. The maximum atomic E-state index is 11.7. The highest BCUT2D eigenvalue weighted by Crippen LogP contribution is 2.36. The summed E-state index contributed by atoms with van der Waals surface area (Å²) in [5.41, 5.74) is 0.136. The molecular formula is C18H35IN4O2. The first-order valence-electron chi connectivity index (χ1n) is 9.12. The van der Waals surface area contributed by atoms with Crippen molar-refractivity contribution in [1.82, 2.24) is 15.5 Å². The number of hydrogen-bond donors (Lipinski definition) is 2.